The van der Waals surface area contributed by atoms with Gasteiger partial charge in [-0.2, -0.15) is 0 Å². The molecular weight excluding hydrogens is 284 g/mol. The Morgan fingerprint density at radius 1 is 1.41 bits per heavy atom. The highest BCUT2D eigenvalue weighted by Gasteiger charge is 2.31. The van der Waals surface area contributed by atoms with Crippen LogP contribution in [0, 0.1) is 0 Å². The lowest BCUT2D eigenvalue weighted by molar-refractivity contribution is 0.128. The number of aromatic nitrogens is 2. The Morgan fingerprint density at radius 2 is 2.06 bits per heavy atom. The van der Waals surface area contributed by atoms with Gasteiger partial charge in [0, 0.05) is 5.41 Å². The minimum Gasteiger partial charge on any atom is -0.391 e. The molecule has 1 aliphatic rings. The molecule has 0 amide bonds. The summed E-state index contributed by atoms with van der Waals surface area (Å²) in [6.07, 6.45) is 2.20. The molecule has 5 heteroatoms. The number of aromatic amines is 1. The van der Waals surface area contributed by atoms with E-state index >= 15 is 0 Å². The fraction of sp³-hybridized carbons (Fsp3) is 0.750. The van der Waals surface area contributed by atoms with Gasteiger partial charge in [-0.25, -0.2) is 4.68 Å². The maximum Gasteiger partial charge on any atom is 0.281 e. The van der Waals surface area contributed by atoms with Crippen LogP contribution in [0.25, 0.3) is 0 Å². The van der Waals surface area contributed by atoms with E-state index in [1.807, 2.05) is 0 Å². The Balaban J connectivity index is 2.47. The van der Waals surface area contributed by atoms with Crippen LogP contribution in [-0.4, -0.2) is 21.0 Å². The van der Waals surface area contributed by atoms with Gasteiger partial charge in [0.15, 0.2) is 0 Å². The number of nitrogens with zero attached hydrogens (tertiary/aromatic N) is 1. The molecule has 1 fully saturated rings. The van der Waals surface area contributed by atoms with Crippen LogP contribution >= 0.6 is 15.9 Å². The van der Waals surface area contributed by atoms with E-state index in [9.17, 15) is 9.90 Å². The summed E-state index contributed by atoms with van der Waals surface area (Å²) in [5, 5.41) is 13.0. The van der Waals surface area contributed by atoms with Crippen LogP contribution in [-0.2, 0) is 5.41 Å². The molecule has 2 rings (SSSR count). The van der Waals surface area contributed by atoms with E-state index in [-0.39, 0.29) is 17.0 Å². The van der Waals surface area contributed by atoms with Crippen molar-refractivity contribution >= 4 is 15.9 Å². The Morgan fingerprint density at radius 3 is 2.47 bits per heavy atom. The molecule has 0 aliphatic heterocycles. The van der Waals surface area contributed by atoms with Crippen LogP contribution in [0.2, 0.25) is 0 Å². The lowest BCUT2D eigenvalue weighted by atomic mass is 9.93. The molecule has 2 unspecified atom stereocenters. The normalized spacial score (nSPS) is 25.5. The third-order valence-electron chi connectivity index (χ3n) is 3.38. The number of H-pyrrole nitrogens is 1. The monoisotopic (exact) mass is 302 g/mol. The second-order valence-electron chi connectivity index (χ2n) is 5.79. The van der Waals surface area contributed by atoms with Crippen LogP contribution < -0.4 is 5.56 Å². The van der Waals surface area contributed by atoms with Crippen molar-refractivity contribution in [2.24, 2.45) is 0 Å². The highest BCUT2D eigenvalue weighted by molar-refractivity contribution is 9.10. The molecule has 0 radical (unpaired) electrons. The lowest BCUT2D eigenvalue weighted by Gasteiger charge is -2.18. The standard InChI is InChI=1S/C12H19BrN2O2/c1-12(2,3)10-9(13)11(17)15(14-10)7-5-4-6-8(7)16/h7-8,14,16H,4-6H2,1-3H3. The summed E-state index contributed by atoms with van der Waals surface area (Å²) in [4.78, 5) is 12.1. The molecule has 17 heavy (non-hydrogen) atoms. The molecule has 1 aromatic heterocycles. The van der Waals surface area contributed by atoms with Gasteiger partial charge in [0.2, 0.25) is 0 Å². The predicted octanol–water partition coefficient (Wildman–Crippen LogP) is 2.32. The number of nitrogens with one attached hydrogen (secondary N) is 1. The minimum atomic E-state index is -0.411. The van der Waals surface area contributed by atoms with Crippen molar-refractivity contribution in [3.05, 3.63) is 20.5 Å². The number of hydrogen-bond acceptors (Lipinski definition) is 2. The zero-order valence-corrected chi connectivity index (χ0v) is 12.0. The summed E-state index contributed by atoms with van der Waals surface area (Å²) in [7, 11) is 0. The first-order chi connectivity index (χ1) is 7.82. The molecule has 2 atom stereocenters. The lowest BCUT2D eigenvalue weighted by Crippen LogP contribution is -2.28. The topological polar surface area (TPSA) is 58.0 Å². The van der Waals surface area contributed by atoms with Crippen molar-refractivity contribution in [2.45, 2.75) is 57.6 Å². The van der Waals surface area contributed by atoms with E-state index in [1.165, 1.54) is 0 Å². The van der Waals surface area contributed by atoms with E-state index in [4.69, 9.17) is 0 Å². The average Bonchev–Trinajstić information content (AvgIpc) is 2.73. The predicted molar refractivity (Wildman–Crippen MR) is 70.3 cm³/mol. The van der Waals surface area contributed by atoms with Gasteiger partial charge in [-0.1, -0.05) is 20.8 Å². The summed E-state index contributed by atoms with van der Waals surface area (Å²) >= 11 is 3.36. The second kappa shape index (κ2) is 4.28. The van der Waals surface area contributed by atoms with Gasteiger partial charge in [-0.15, -0.1) is 0 Å². The van der Waals surface area contributed by atoms with Crippen molar-refractivity contribution in [1.29, 1.82) is 0 Å². The summed E-state index contributed by atoms with van der Waals surface area (Å²) < 4.78 is 2.17. The SMILES string of the molecule is CC(C)(C)c1[nH]n(C2CCCC2O)c(=O)c1Br. The van der Waals surface area contributed by atoms with E-state index in [2.05, 4.69) is 41.8 Å². The molecule has 1 aliphatic carbocycles. The summed E-state index contributed by atoms with van der Waals surface area (Å²) in [5.74, 6) is 0. The van der Waals surface area contributed by atoms with E-state index in [1.54, 1.807) is 4.68 Å². The largest absolute Gasteiger partial charge is 0.391 e. The first-order valence-electron chi connectivity index (χ1n) is 6.01. The van der Waals surface area contributed by atoms with Gasteiger partial charge in [0.1, 0.15) is 4.47 Å². The fourth-order valence-electron chi connectivity index (χ4n) is 2.39. The van der Waals surface area contributed by atoms with E-state index in [0.29, 0.717) is 4.47 Å². The number of hydrogen-bond donors (Lipinski definition) is 2. The van der Waals surface area contributed by atoms with E-state index in [0.717, 1.165) is 25.0 Å². The number of rotatable bonds is 1. The first-order valence-corrected chi connectivity index (χ1v) is 6.80. The fourth-order valence-corrected chi connectivity index (χ4v) is 3.26. The Labute approximate surface area is 109 Å². The van der Waals surface area contributed by atoms with Crippen molar-refractivity contribution < 1.29 is 5.11 Å². The minimum absolute atomic E-state index is 0.0686. The summed E-state index contributed by atoms with van der Waals surface area (Å²) in [6.45, 7) is 6.16. The molecule has 1 saturated carbocycles. The average molecular weight is 303 g/mol. The Bertz CT molecular complexity index is 470. The third kappa shape index (κ3) is 2.22. The zero-order chi connectivity index (χ0) is 12.8. The highest BCUT2D eigenvalue weighted by atomic mass is 79.9. The van der Waals surface area contributed by atoms with E-state index < -0.39 is 6.10 Å². The zero-order valence-electron chi connectivity index (χ0n) is 10.5. The van der Waals surface area contributed by atoms with Crippen LogP contribution in [0.5, 0.6) is 0 Å². The van der Waals surface area contributed by atoms with Crippen LogP contribution in [0.15, 0.2) is 9.27 Å². The van der Waals surface area contributed by atoms with Crippen LogP contribution in [0.4, 0.5) is 0 Å². The van der Waals surface area contributed by atoms with Crippen molar-refractivity contribution in [2.75, 3.05) is 0 Å². The molecule has 96 valence electrons. The molecule has 0 aromatic carbocycles. The third-order valence-corrected chi connectivity index (χ3v) is 4.12. The molecule has 0 bridgehead atoms. The van der Waals surface area contributed by atoms with Gasteiger partial charge in [-0.3, -0.25) is 9.89 Å². The number of aliphatic hydroxyl groups is 1. The summed E-state index contributed by atoms with van der Waals surface area (Å²) in [6, 6.07) is -0.102. The van der Waals surface area contributed by atoms with Crippen LogP contribution in [0.3, 0.4) is 0 Å². The smallest absolute Gasteiger partial charge is 0.281 e. The molecule has 0 saturated heterocycles. The second-order valence-corrected chi connectivity index (χ2v) is 6.58. The van der Waals surface area contributed by atoms with Gasteiger partial charge in [-0.05, 0) is 35.2 Å². The van der Waals surface area contributed by atoms with Gasteiger partial charge >= 0.3 is 0 Å². The first kappa shape index (κ1) is 12.9. The van der Waals surface area contributed by atoms with Gasteiger partial charge in [0.25, 0.3) is 5.56 Å². The molecule has 4 nitrogen and oxygen atoms in total. The van der Waals surface area contributed by atoms with Crippen LogP contribution in [0.1, 0.15) is 51.8 Å². The van der Waals surface area contributed by atoms with Crippen molar-refractivity contribution in [1.82, 2.24) is 9.78 Å². The maximum absolute atomic E-state index is 12.1. The molecule has 0 spiro atoms. The highest BCUT2D eigenvalue weighted by Crippen LogP contribution is 2.31. The van der Waals surface area contributed by atoms with Gasteiger partial charge < -0.3 is 5.11 Å². The summed E-state index contributed by atoms with van der Waals surface area (Å²) in [5.41, 5.74) is 0.703. The van der Waals surface area contributed by atoms with Crippen molar-refractivity contribution in [3.8, 4) is 0 Å². The Kier molecular flexibility index (Phi) is 3.25. The quantitative estimate of drug-likeness (QED) is 0.836. The van der Waals surface area contributed by atoms with Gasteiger partial charge in [0.05, 0.1) is 17.8 Å². The number of aliphatic hydroxyl groups excluding tert-OH is 1. The van der Waals surface area contributed by atoms with Crippen molar-refractivity contribution in [3.63, 3.8) is 0 Å². The molecule has 2 N–H and O–H groups in total. The number of halogens is 1. The maximum atomic E-state index is 12.1. The Hall–Kier alpha value is -0.550. The molecule has 1 heterocycles. The molecule has 1 aromatic rings. The molecular formula is C12H19BrN2O2.